The lowest BCUT2D eigenvalue weighted by atomic mass is 10.1. The van der Waals surface area contributed by atoms with Gasteiger partial charge in [-0.1, -0.05) is 18.0 Å². The monoisotopic (exact) mass is 239 g/mol. The first-order chi connectivity index (χ1) is 8.40. The van der Waals surface area contributed by atoms with Crippen molar-refractivity contribution >= 4 is 0 Å². The highest BCUT2D eigenvalue weighted by molar-refractivity contribution is 4.94. The molecule has 2 heterocycles. The summed E-state index contributed by atoms with van der Waals surface area (Å²) in [6.07, 6.45) is 6.63. The third kappa shape index (κ3) is 3.78. The number of rotatable bonds is 5. The van der Waals surface area contributed by atoms with Gasteiger partial charge in [-0.2, -0.15) is 4.98 Å². The minimum Gasteiger partial charge on any atom is -0.385 e. The van der Waals surface area contributed by atoms with Gasteiger partial charge in [0.15, 0.2) is 5.82 Å². The highest BCUT2D eigenvalue weighted by atomic mass is 16.5. The van der Waals surface area contributed by atoms with E-state index in [4.69, 9.17) is 9.26 Å². The van der Waals surface area contributed by atoms with Gasteiger partial charge in [0.05, 0.1) is 6.04 Å². The molecule has 96 valence electrons. The van der Waals surface area contributed by atoms with Crippen LogP contribution in [0.2, 0.25) is 0 Å². The van der Waals surface area contributed by atoms with Gasteiger partial charge < -0.3 is 14.6 Å². The predicted molar refractivity (Wildman–Crippen MR) is 63.7 cm³/mol. The smallest absolute Gasteiger partial charge is 0.243 e. The van der Waals surface area contributed by atoms with Gasteiger partial charge in [-0.25, -0.2) is 0 Å². The normalized spacial score (nSPS) is 21.4. The Hall–Kier alpha value is -0.940. The number of methoxy groups -OCH3 is 1. The molecule has 1 aliphatic heterocycles. The lowest BCUT2D eigenvalue weighted by Crippen LogP contribution is -2.20. The van der Waals surface area contributed by atoms with E-state index >= 15 is 0 Å². The topological polar surface area (TPSA) is 60.2 Å². The molecule has 0 amide bonds. The molecule has 0 spiro atoms. The molecular weight excluding hydrogens is 218 g/mol. The Morgan fingerprint density at radius 2 is 2.35 bits per heavy atom. The van der Waals surface area contributed by atoms with Crippen molar-refractivity contribution in [2.45, 2.75) is 44.6 Å². The average Bonchev–Trinajstić information content (AvgIpc) is 2.64. The molecule has 1 atom stereocenters. The zero-order valence-electron chi connectivity index (χ0n) is 10.4. The van der Waals surface area contributed by atoms with Crippen molar-refractivity contribution in [2.24, 2.45) is 0 Å². The molecule has 1 N–H and O–H groups in total. The fourth-order valence-electron chi connectivity index (χ4n) is 2.12. The maximum atomic E-state index is 5.33. The maximum absolute atomic E-state index is 5.33. The molecule has 0 radical (unpaired) electrons. The Morgan fingerprint density at radius 3 is 3.24 bits per heavy atom. The van der Waals surface area contributed by atoms with E-state index in [0.717, 1.165) is 44.1 Å². The molecule has 1 aromatic heterocycles. The Labute approximate surface area is 102 Å². The summed E-state index contributed by atoms with van der Waals surface area (Å²) in [5.41, 5.74) is 0. The summed E-state index contributed by atoms with van der Waals surface area (Å²) in [5.74, 6) is 1.54. The van der Waals surface area contributed by atoms with E-state index in [1.54, 1.807) is 7.11 Å². The lowest BCUT2D eigenvalue weighted by molar-refractivity contribution is 0.194. The molecule has 1 fully saturated rings. The molecule has 5 nitrogen and oxygen atoms in total. The van der Waals surface area contributed by atoms with Crippen molar-refractivity contribution in [1.82, 2.24) is 15.5 Å². The summed E-state index contributed by atoms with van der Waals surface area (Å²) >= 11 is 0. The second-order valence-corrected chi connectivity index (χ2v) is 4.50. The van der Waals surface area contributed by atoms with E-state index in [2.05, 4.69) is 15.5 Å². The van der Waals surface area contributed by atoms with Crippen LogP contribution in [-0.2, 0) is 11.2 Å². The number of ether oxygens (including phenoxy) is 1. The summed E-state index contributed by atoms with van der Waals surface area (Å²) in [6.45, 7) is 1.79. The van der Waals surface area contributed by atoms with Crippen LogP contribution in [-0.4, -0.2) is 30.4 Å². The molecule has 1 aromatic rings. The fraction of sp³-hybridized carbons (Fsp3) is 0.833. The third-order valence-electron chi connectivity index (χ3n) is 3.09. The molecule has 0 saturated carbocycles. The van der Waals surface area contributed by atoms with Crippen LogP contribution in [0.15, 0.2) is 4.52 Å². The summed E-state index contributed by atoms with van der Waals surface area (Å²) in [5, 5.41) is 7.47. The van der Waals surface area contributed by atoms with E-state index in [1.165, 1.54) is 19.3 Å². The van der Waals surface area contributed by atoms with E-state index in [0.29, 0.717) is 0 Å². The molecular formula is C12H21N3O2. The van der Waals surface area contributed by atoms with Gasteiger partial charge in [0.2, 0.25) is 5.89 Å². The molecule has 1 aliphatic rings. The molecule has 0 aliphatic carbocycles. The van der Waals surface area contributed by atoms with E-state index in [-0.39, 0.29) is 6.04 Å². The number of nitrogens with zero attached hydrogens (tertiary/aromatic N) is 2. The van der Waals surface area contributed by atoms with Crippen molar-refractivity contribution < 1.29 is 9.26 Å². The molecule has 17 heavy (non-hydrogen) atoms. The predicted octanol–water partition coefficient (Wildman–Crippen LogP) is 1.85. The van der Waals surface area contributed by atoms with Gasteiger partial charge >= 0.3 is 0 Å². The first-order valence-electron chi connectivity index (χ1n) is 6.45. The maximum Gasteiger partial charge on any atom is 0.243 e. The first-order valence-corrected chi connectivity index (χ1v) is 6.45. The zero-order chi connectivity index (χ0) is 11.9. The van der Waals surface area contributed by atoms with Crippen LogP contribution < -0.4 is 5.32 Å². The Bertz CT molecular complexity index is 319. The Kier molecular flexibility index (Phi) is 4.94. The van der Waals surface area contributed by atoms with Crippen molar-refractivity contribution in [2.75, 3.05) is 20.3 Å². The average molecular weight is 239 g/mol. The van der Waals surface area contributed by atoms with Gasteiger partial charge in [0, 0.05) is 20.1 Å². The first kappa shape index (κ1) is 12.5. The molecule has 1 unspecified atom stereocenters. The van der Waals surface area contributed by atoms with Crippen LogP contribution in [0.1, 0.15) is 49.9 Å². The number of nitrogens with one attached hydrogen (secondary N) is 1. The van der Waals surface area contributed by atoms with Gasteiger partial charge in [-0.3, -0.25) is 0 Å². The highest BCUT2D eigenvalue weighted by Crippen LogP contribution is 2.21. The molecule has 0 aromatic carbocycles. The lowest BCUT2D eigenvalue weighted by Gasteiger charge is -2.09. The second kappa shape index (κ2) is 6.71. The van der Waals surface area contributed by atoms with Gasteiger partial charge in [0.25, 0.3) is 0 Å². The largest absolute Gasteiger partial charge is 0.385 e. The van der Waals surface area contributed by atoms with Crippen molar-refractivity contribution in [3.05, 3.63) is 11.7 Å². The van der Waals surface area contributed by atoms with Crippen LogP contribution in [0.25, 0.3) is 0 Å². The third-order valence-corrected chi connectivity index (χ3v) is 3.09. The fourth-order valence-corrected chi connectivity index (χ4v) is 2.12. The van der Waals surface area contributed by atoms with Gasteiger partial charge in [-0.15, -0.1) is 0 Å². The van der Waals surface area contributed by atoms with Crippen molar-refractivity contribution in [1.29, 1.82) is 0 Å². The minimum atomic E-state index is 0.251. The summed E-state index contributed by atoms with van der Waals surface area (Å²) in [4.78, 5) is 4.45. The summed E-state index contributed by atoms with van der Waals surface area (Å²) in [7, 11) is 1.71. The van der Waals surface area contributed by atoms with Crippen LogP contribution >= 0.6 is 0 Å². The van der Waals surface area contributed by atoms with Crippen molar-refractivity contribution in [3.63, 3.8) is 0 Å². The minimum absolute atomic E-state index is 0.251. The van der Waals surface area contributed by atoms with Gasteiger partial charge in [0.1, 0.15) is 0 Å². The quantitative estimate of drug-likeness (QED) is 0.795. The highest BCUT2D eigenvalue weighted by Gasteiger charge is 2.19. The molecule has 1 saturated heterocycles. The van der Waals surface area contributed by atoms with Crippen LogP contribution in [0.5, 0.6) is 0 Å². The van der Waals surface area contributed by atoms with Crippen LogP contribution in [0, 0.1) is 0 Å². The van der Waals surface area contributed by atoms with E-state index < -0.39 is 0 Å². The molecule has 0 bridgehead atoms. The zero-order valence-corrected chi connectivity index (χ0v) is 10.4. The number of aromatic nitrogens is 2. The second-order valence-electron chi connectivity index (χ2n) is 4.50. The van der Waals surface area contributed by atoms with Crippen LogP contribution in [0.3, 0.4) is 0 Å². The van der Waals surface area contributed by atoms with Crippen molar-refractivity contribution in [3.8, 4) is 0 Å². The SMILES string of the molecule is COCCCc1noc(C2CCCCCN2)n1. The molecule has 5 heteroatoms. The standard InChI is InChI=1S/C12H21N3O2/c1-16-9-5-7-11-14-12(17-15-11)10-6-3-2-4-8-13-10/h10,13H,2-9H2,1H3. The Balaban J connectivity index is 1.87. The van der Waals surface area contributed by atoms with Crippen LogP contribution in [0.4, 0.5) is 0 Å². The number of hydrogen-bond donors (Lipinski definition) is 1. The Morgan fingerprint density at radius 1 is 1.41 bits per heavy atom. The summed E-state index contributed by atoms with van der Waals surface area (Å²) < 4.78 is 10.3. The van der Waals surface area contributed by atoms with Gasteiger partial charge in [-0.05, 0) is 25.8 Å². The molecule has 2 rings (SSSR count). The summed E-state index contributed by atoms with van der Waals surface area (Å²) in [6, 6.07) is 0.251. The number of aryl methyl sites for hydroxylation is 1. The number of hydrogen-bond acceptors (Lipinski definition) is 5. The van der Waals surface area contributed by atoms with E-state index in [1.807, 2.05) is 0 Å². The van der Waals surface area contributed by atoms with E-state index in [9.17, 15) is 0 Å².